The Bertz CT molecular complexity index is 690. The Labute approximate surface area is 140 Å². The van der Waals surface area contributed by atoms with Crippen molar-refractivity contribution in [3.8, 4) is 5.75 Å². The van der Waals surface area contributed by atoms with E-state index in [-0.39, 0.29) is 5.91 Å². The van der Waals surface area contributed by atoms with E-state index in [4.69, 9.17) is 16.3 Å². The molecule has 122 valence electrons. The molecule has 0 atom stereocenters. The Morgan fingerprint density at radius 2 is 2.04 bits per heavy atom. The summed E-state index contributed by atoms with van der Waals surface area (Å²) in [4.78, 5) is 22.8. The quantitative estimate of drug-likeness (QED) is 0.878. The van der Waals surface area contributed by atoms with Crippen molar-refractivity contribution >= 4 is 29.1 Å². The molecule has 0 spiro atoms. The second-order valence-corrected chi connectivity index (χ2v) is 5.12. The number of benzene rings is 1. The molecule has 7 heteroatoms. The van der Waals surface area contributed by atoms with Crippen molar-refractivity contribution in [2.45, 2.75) is 13.8 Å². The summed E-state index contributed by atoms with van der Waals surface area (Å²) in [6, 6.07) is 6.62. The van der Waals surface area contributed by atoms with Gasteiger partial charge in [-0.2, -0.15) is 0 Å². The Balaban J connectivity index is 2.17. The summed E-state index contributed by atoms with van der Waals surface area (Å²) < 4.78 is 5.09. The number of anilines is 2. The van der Waals surface area contributed by atoms with E-state index in [1.54, 1.807) is 30.5 Å². The normalized spacial score (nSPS) is 10.3. The second kappa shape index (κ2) is 7.78. The fourth-order valence-electron chi connectivity index (χ4n) is 2.07. The van der Waals surface area contributed by atoms with Crippen LogP contribution in [0.15, 0.2) is 30.5 Å². The molecule has 0 radical (unpaired) electrons. The molecule has 23 heavy (non-hydrogen) atoms. The highest BCUT2D eigenvalue weighted by Gasteiger charge is 2.12. The van der Waals surface area contributed by atoms with Crippen LogP contribution in [-0.4, -0.2) is 36.1 Å². The Morgan fingerprint density at radius 3 is 2.65 bits per heavy atom. The van der Waals surface area contributed by atoms with Gasteiger partial charge in [0.1, 0.15) is 11.4 Å². The Hall–Kier alpha value is -2.34. The molecule has 6 nitrogen and oxygen atoms in total. The summed E-state index contributed by atoms with van der Waals surface area (Å²) in [5.74, 6) is 0.771. The fraction of sp³-hybridized carbons (Fsp3) is 0.312. The van der Waals surface area contributed by atoms with Gasteiger partial charge in [0.05, 0.1) is 12.1 Å². The average molecular weight is 335 g/mol. The van der Waals surface area contributed by atoms with Crippen LogP contribution < -0.4 is 15.0 Å². The van der Waals surface area contributed by atoms with E-state index < -0.39 is 0 Å². The maximum atomic E-state index is 12.3. The number of ether oxygens (including phenoxy) is 1. The Morgan fingerprint density at radius 1 is 1.30 bits per heavy atom. The summed E-state index contributed by atoms with van der Waals surface area (Å²) in [6.07, 6.45) is 1.58. The minimum atomic E-state index is -0.318. The number of hydrogen-bond acceptors (Lipinski definition) is 5. The van der Waals surface area contributed by atoms with Crippen molar-refractivity contribution in [2.24, 2.45) is 0 Å². The number of aromatic nitrogens is 2. The monoisotopic (exact) mass is 334 g/mol. The lowest BCUT2D eigenvalue weighted by molar-refractivity contribution is 0.102. The van der Waals surface area contributed by atoms with Crippen LogP contribution in [0.5, 0.6) is 5.75 Å². The van der Waals surface area contributed by atoms with Gasteiger partial charge in [0.15, 0.2) is 0 Å². The maximum absolute atomic E-state index is 12.3. The first-order valence-corrected chi connectivity index (χ1v) is 7.69. The molecule has 1 aromatic heterocycles. The highest BCUT2D eigenvalue weighted by atomic mass is 35.5. The smallest absolute Gasteiger partial charge is 0.274 e. The molecule has 0 bridgehead atoms. The molecular weight excluding hydrogens is 316 g/mol. The van der Waals surface area contributed by atoms with Gasteiger partial charge < -0.3 is 15.0 Å². The van der Waals surface area contributed by atoms with Gasteiger partial charge >= 0.3 is 0 Å². The topological polar surface area (TPSA) is 67.4 Å². The lowest BCUT2D eigenvalue weighted by atomic mass is 10.3. The molecule has 0 saturated heterocycles. The van der Waals surface area contributed by atoms with Crippen LogP contribution in [0.25, 0.3) is 0 Å². The zero-order valence-electron chi connectivity index (χ0n) is 13.3. The molecule has 0 aliphatic rings. The highest BCUT2D eigenvalue weighted by Crippen LogP contribution is 2.27. The number of methoxy groups -OCH3 is 1. The zero-order valence-corrected chi connectivity index (χ0v) is 14.1. The molecule has 0 aliphatic carbocycles. The van der Waals surface area contributed by atoms with Crippen LogP contribution in [0.1, 0.15) is 24.3 Å². The van der Waals surface area contributed by atoms with E-state index in [9.17, 15) is 4.79 Å². The van der Waals surface area contributed by atoms with Crippen molar-refractivity contribution in [2.75, 3.05) is 30.4 Å². The highest BCUT2D eigenvalue weighted by molar-refractivity contribution is 6.32. The molecule has 0 aliphatic heterocycles. The van der Waals surface area contributed by atoms with Gasteiger partial charge in [-0.25, -0.2) is 9.97 Å². The minimum absolute atomic E-state index is 0.300. The summed E-state index contributed by atoms with van der Waals surface area (Å²) in [5, 5.41) is 3.19. The molecule has 1 aromatic carbocycles. The zero-order chi connectivity index (χ0) is 16.8. The fourth-order valence-corrected chi connectivity index (χ4v) is 2.33. The lowest BCUT2D eigenvalue weighted by Gasteiger charge is -2.18. The van der Waals surface area contributed by atoms with Crippen molar-refractivity contribution in [3.05, 3.63) is 41.2 Å². The van der Waals surface area contributed by atoms with Gasteiger partial charge in [-0.3, -0.25) is 4.79 Å². The first-order chi connectivity index (χ1) is 11.1. The molecule has 1 amide bonds. The number of carbonyl (C=O) groups is 1. The predicted octanol–water partition coefficient (Wildman–Crippen LogP) is 3.24. The standard InChI is InChI=1S/C16H19ClN4O2/c1-4-21(5-2)16-18-9-8-13(20-16)15(22)19-11-6-7-14(23-3)12(17)10-11/h6-10H,4-5H2,1-3H3,(H,19,22). The van der Waals surface area contributed by atoms with E-state index in [0.29, 0.717) is 28.1 Å². The van der Waals surface area contributed by atoms with E-state index in [1.807, 2.05) is 18.7 Å². The molecule has 2 rings (SSSR count). The van der Waals surface area contributed by atoms with Crippen molar-refractivity contribution in [3.63, 3.8) is 0 Å². The first-order valence-electron chi connectivity index (χ1n) is 7.31. The van der Waals surface area contributed by atoms with Crippen molar-refractivity contribution in [1.29, 1.82) is 0 Å². The van der Waals surface area contributed by atoms with Gasteiger partial charge in [0.2, 0.25) is 5.95 Å². The average Bonchev–Trinajstić information content (AvgIpc) is 2.56. The number of nitrogens with zero attached hydrogens (tertiary/aromatic N) is 3. The molecular formula is C16H19ClN4O2. The van der Waals surface area contributed by atoms with Gasteiger partial charge in [0.25, 0.3) is 5.91 Å². The lowest BCUT2D eigenvalue weighted by Crippen LogP contribution is -2.25. The Kier molecular flexibility index (Phi) is 5.76. The van der Waals surface area contributed by atoms with Crippen LogP contribution in [0.3, 0.4) is 0 Å². The van der Waals surface area contributed by atoms with Gasteiger partial charge in [-0.15, -0.1) is 0 Å². The third-order valence-electron chi connectivity index (χ3n) is 3.33. The number of carbonyl (C=O) groups excluding carboxylic acids is 1. The number of rotatable bonds is 6. The third kappa shape index (κ3) is 4.10. The number of halogens is 1. The van der Waals surface area contributed by atoms with Gasteiger partial charge in [-0.1, -0.05) is 11.6 Å². The summed E-state index contributed by atoms with van der Waals surface area (Å²) >= 11 is 6.05. The minimum Gasteiger partial charge on any atom is -0.495 e. The number of amides is 1. The van der Waals surface area contributed by atoms with Crippen LogP contribution in [-0.2, 0) is 0 Å². The summed E-state index contributed by atoms with van der Waals surface area (Å²) in [6.45, 7) is 5.57. The molecule has 2 aromatic rings. The summed E-state index contributed by atoms with van der Waals surface area (Å²) in [5.41, 5.74) is 0.873. The van der Waals surface area contributed by atoms with E-state index in [2.05, 4.69) is 15.3 Å². The van der Waals surface area contributed by atoms with Crippen molar-refractivity contribution < 1.29 is 9.53 Å². The third-order valence-corrected chi connectivity index (χ3v) is 3.63. The molecule has 0 saturated carbocycles. The molecule has 1 N–H and O–H groups in total. The summed E-state index contributed by atoms with van der Waals surface area (Å²) in [7, 11) is 1.54. The van der Waals surface area contributed by atoms with E-state index in [1.165, 1.54) is 7.11 Å². The maximum Gasteiger partial charge on any atom is 0.274 e. The number of nitrogens with one attached hydrogen (secondary N) is 1. The predicted molar refractivity (Wildman–Crippen MR) is 91.6 cm³/mol. The van der Waals surface area contributed by atoms with Crippen molar-refractivity contribution in [1.82, 2.24) is 9.97 Å². The first kappa shape index (κ1) is 17.0. The van der Waals surface area contributed by atoms with E-state index >= 15 is 0 Å². The van der Waals surface area contributed by atoms with Crippen LogP contribution >= 0.6 is 11.6 Å². The van der Waals surface area contributed by atoms with Crippen LogP contribution in [0, 0.1) is 0 Å². The van der Waals surface area contributed by atoms with Gasteiger partial charge in [-0.05, 0) is 38.1 Å². The number of hydrogen-bond donors (Lipinski definition) is 1. The molecule has 0 fully saturated rings. The largest absolute Gasteiger partial charge is 0.495 e. The van der Waals surface area contributed by atoms with Crippen LogP contribution in [0.4, 0.5) is 11.6 Å². The SMILES string of the molecule is CCN(CC)c1nccc(C(=O)Nc2ccc(OC)c(Cl)c2)n1. The second-order valence-electron chi connectivity index (χ2n) is 4.72. The van der Waals surface area contributed by atoms with E-state index in [0.717, 1.165) is 13.1 Å². The molecule has 0 unspecified atom stereocenters. The molecule has 1 heterocycles. The van der Waals surface area contributed by atoms with Crippen LogP contribution in [0.2, 0.25) is 5.02 Å². The van der Waals surface area contributed by atoms with Gasteiger partial charge in [0, 0.05) is 25.0 Å².